The Morgan fingerprint density at radius 1 is 1.58 bits per heavy atom. The highest BCUT2D eigenvalue weighted by molar-refractivity contribution is 9.10. The third kappa shape index (κ3) is 3.42. The Morgan fingerprint density at radius 2 is 2.37 bits per heavy atom. The molecule has 0 aliphatic rings. The van der Waals surface area contributed by atoms with Gasteiger partial charge in [-0.15, -0.1) is 11.3 Å². The molecule has 19 heavy (non-hydrogen) atoms. The zero-order valence-electron chi connectivity index (χ0n) is 9.59. The molecule has 0 radical (unpaired) electrons. The first-order valence-corrected chi connectivity index (χ1v) is 6.99. The summed E-state index contributed by atoms with van der Waals surface area (Å²) in [5.74, 6) is -1.50. The lowest BCUT2D eigenvalue weighted by Gasteiger charge is -2.13. The van der Waals surface area contributed by atoms with E-state index >= 15 is 0 Å². The van der Waals surface area contributed by atoms with Crippen LogP contribution in [0.3, 0.4) is 0 Å². The van der Waals surface area contributed by atoms with E-state index in [0.717, 1.165) is 0 Å². The van der Waals surface area contributed by atoms with Crippen molar-refractivity contribution < 1.29 is 14.7 Å². The standard InChI is InChI=1S/C11H10BrN3O3S/c12-7-1-2-19-9(7)10(16)15-8(11(17)18)3-6-4-13-5-14-6/h1-2,4-5,8H,3H2,(H,13,14)(H,15,16)(H,17,18)/t8-/m1/s1. The van der Waals surface area contributed by atoms with Gasteiger partial charge in [-0.2, -0.15) is 0 Å². The first kappa shape index (κ1) is 13.8. The van der Waals surface area contributed by atoms with E-state index in [-0.39, 0.29) is 6.42 Å². The van der Waals surface area contributed by atoms with Crippen molar-refractivity contribution >= 4 is 39.1 Å². The molecule has 3 N–H and O–H groups in total. The van der Waals surface area contributed by atoms with Crippen LogP contribution in [0.15, 0.2) is 28.4 Å². The lowest BCUT2D eigenvalue weighted by atomic mass is 10.1. The smallest absolute Gasteiger partial charge is 0.326 e. The number of aromatic amines is 1. The van der Waals surface area contributed by atoms with Crippen LogP contribution in [0.5, 0.6) is 0 Å². The van der Waals surface area contributed by atoms with Crippen molar-refractivity contribution in [3.63, 3.8) is 0 Å². The summed E-state index contributed by atoms with van der Waals surface area (Å²) in [6, 6.07) is 0.742. The number of amides is 1. The predicted octanol–water partition coefficient (Wildman–Crippen LogP) is 1.66. The van der Waals surface area contributed by atoms with Crippen LogP contribution in [0.25, 0.3) is 0 Å². The van der Waals surface area contributed by atoms with E-state index in [0.29, 0.717) is 15.0 Å². The van der Waals surface area contributed by atoms with E-state index in [9.17, 15) is 9.59 Å². The number of carboxylic acids is 1. The van der Waals surface area contributed by atoms with Crippen LogP contribution in [0, 0.1) is 0 Å². The van der Waals surface area contributed by atoms with Crippen LogP contribution in [0.4, 0.5) is 0 Å². The maximum absolute atomic E-state index is 12.0. The molecule has 1 atom stereocenters. The summed E-state index contributed by atoms with van der Waals surface area (Å²) in [6.07, 6.45) is 3.15. The number of carbonyl (C=O) groups is 2. The Hall–Kier alpha value is -1.67. The molecule has 0 spiro atoms. The second-order valence-electron chi connectivity index (χ2n) is 3.74. The van der Waals surface area contributed by atoms with E-state index in [4.69, 9.17) is 5.11 Å². The number of nitrogens with zero attached hydrogens (tertiary/aromatic N) is 1. The van der Waals surface area contributed by atoms with Crippen molar-refractivity contribution in [2.75, 3.05) is 0 Å². The number of aliphatic carboxylic acids is 1. The SMILES string of the molecule is O=C(N[C@H](Cc1cnc[nH]1)C(=O)O)c1sccc1Br. The predicted molar refractivity (Wildman–Crippen MR) is 73.2 cm³/mol. The van der Waals surface area contributed by atoms with Gasteiger partial charge in [0.05, 0.1) is 6.33 Å². The number of aromatic nitrogens is 2. The van der Waals surface area contributed by atoms with Gasteiger partial charge in [0.25, 0.3) is 5.91 Å². The number of rotatable bonds is 5. The fraction of sp³-hybridized carbons (Fsp3) is 0.182. The highest BCUT2D eigenvalue weighted by Gasteiger charge is 2.23. The molecule has 100 valence electrons. The summed E-state index contributed by atoms with van der Waals surface area (Å²) in [6.45, 7) is 0. The highest BCUT2D eigenvalue weighted by Crippen LogP contribution is 2.22. The van der Waals surface area contributed by atoms with Crippen LogP contribution >= 0.6 is 27.3 Å². The average molecular weight is 344 g/mol. The lowest BCUT2D eigenvalue weighted by Crippen LogP contribution is -2.42. The third-order valence-electron chi connectivity index (χ3n) is 2.41. The number of thiophene rings is 1. The maximum atomic E-state index is 12.0. The topological polar surface area (TPSA) is 95.1 Å². The molecule has 1 amide bonds. The number of nitrogens with one attached hydrogen (secondary N) is 2. The summed E-state index contributed by atoms with van der Waals surface area (Å²) in [4.78, 5) is 30.2. The van der Waals surface area contributed by atoms with Crippen LogP contribution in [0.1, 0.15) is 15.4 Å². The van der Waals surface area contributed by atoms with Gasteiger partial charge in [-0.05, 0) is 27.4 Å². The monoisotopic (exact) mass is 343 g/mol. The minimum atomic E-state index is -1.09. The highest BCUT2D eigenvalue weighted by atomic mass is 79.9. The Balaban J connectivity index is 2.07. The number of carbonyl (C=O) groups excluding carboxylic acids is 1. The molecule has 2 rings (SSSR count). The maximum Gasteiger partial charge on any atom is 0.326 e. The molecule has 0 aliphatic heterocycles. The first-order chi connectivity index (χ1) is 9.08. The van der Waals surface area contributed by atoms with Gasteiger partial charge in [0, 0.05) is 22.8 Å². The van der Waals surface area contributed by atoms with Gasteiger partial charge >= 0.3 is 5.97 Å². The normalized spacial score (nSPS) is 12.1. The minimum absolute atomic E-state index is 0.157. The number of halogens is 1. The summed E-state index contributed by atoms with van der Waals surface area (Å²) in [5.41, 5.74) is 0.651. The van der Waals surface area contributed by atoms with Crippen molar-refractivity contribution in [2.24, 2.45) is 0 Å². The Bertz CT molecular complexity index is 582. The number of H-pyrrole nitrogens is 1. The molecule has 0 fully saturated rings. The second kappa shape index (κ2) is 5.98. The fourth-order valence-electron chi connectivity index (χ4n) is 1.50. The molecule has 0 aliphatic carbocycles. The Morgan fingerprint density at radius 3 is 2.89 bits per heavy atom. The lowest BCUT2D eigenvalue weighted by molar-refractivity contribution is -0.139. The van der Waals surface area contributed by atoms with E-state index < -0.39 is 17.9 Å². The van der Waals surface area contributed by atoms with E-state index in [1.807, 2.05) is 0 Å². The van der Waals surface area contributed by atoms with Gasteiger partial charge in [0.15, 0.2) is 0 Å². The van der Waals surface area contributed by atoms with Crippen LogP contribution in [-0.4, -0.2) is 33.0 Å². The zero-order chi connectivity index (χ0) is 13.8. The molecule has 6 nitrogen and oxygen atoms in total. The second-order valence-corrected chi connectivity index (χ2v) is 5.51. The number of carboxylic acid groups (broad SMARTS) is 1. The molecule has 0 saturated heterocycles. The van der Waals surface area contributed by atoms with Crippen molar-refractivity contribution in [3.05, 3.63) is 39.0 Å². The van der Waals surface area contributed by atoms with Crippen LogP contribution in [0.2, 0.25) is 0 Å². The van der Waals surface area contributed by atoms with E-state index in [2.05, 4.69) is 31.2 Å². The van der Waals surface area contributed by atoms with Crippen molar-refractivity contribution in [1.82, 2.24) is 15.3 Å². The van der Waals surface area contributed by atoms with Crippen molar-refractivity contribution in [3.8, 4) is 0 Å². The average Bonchev–Trinajstić information content (AvgIpc) is 2.99. The van der Waals surface area contributed by atoms with Gasteiger partial charge < -0.3 is 15.4 Å². The number of hydrogen-bond donors (Lipinski definition) is 3. The van der Waals surface area contributed by atoms with Gasteiger partial charge in [0.1, 0.15) is 10.9 Å². The zero-order valence-corrected chi connectivity index (χ0v) is 12.0. The molecular formula is C11H10BrN3O3S. The van der Waals surface area contributed by atoms with Crippen LogP contribution < -0.4 is 5.32 Å². The van der Waals surface area contributed by atoms with Crippen molar-refractivity contribution in [1.29, 1.82) is 0 Å². The van der Waals surface area contributed by atoms with Gasteiger partial charge in [-0.1, -0.05) is 0 Å². The van der Waals surface area contributed by atoms with E-state index in [1.165, 1.54) is 23.9 Å². The number of hydrogen-bond acceptors (Lipinski definition) is 4. The quantitative estimate of drug-likeness (QED) is 0.769. The molecular weight excluding hydrogens is 334 g/mol. The number of imidazole rings is 1. The summed E-state index contributed by atoms with van der Waals surface area (Å²) >= 11 is 4.49. The molecule has 0 bridgehead atoms. The summed E-state index contributed by atoms with van der Waals surface area (Å²) < 4.78 is 0.653. The van der Waals surface area contributed by atoms with Crippen molar-refractivity contribution in [2.45, 2.75) is 12.5 Å². The fourth-order valence-corrected chi connectivity index (χ4v) is 2.95. The molecule has 0 saturated carbocycles. The minimum Gasteiger partial charge on any atom is -0.480 e. The Kier molecular flexibility index (Phi) is 4.33. The Labute approximate surface area is 121 Å². The molecule has 0 aromatic carbocycles. The molecule has 2 heterocycles. The van der Waals surface area contributed by atoms with E-state index in [1.54, 1.807) is 11.4 Å². The summed E-state index contributed by atoms with van der Waals surface area (Å²) in [7, 11) is 0. The van der Waals surface area contributed by atoms with Gasteiger partial charge in [-0.25, -0.2) is 9.78 Å². The molecule has 8 heteroatoms. The summed E-state index contributed by atoms with van der Waals surface area (Å²) in [5, 5.41) is 13.4. The van der Waals surface area contributed by atoms with Crippen LogP contribution in [-0.2, 0) is 11.2 Å². The third-order valence-corrected chi connectivity index (χ3v) is 4.24. The molecule has 2 aromatic rings. The molecule has 2 aromatic heterocycles. The molecule has 0 unspecified atom stereocenters. The van der Waals surface area contributed by atoms with Gasteiger partial charge in [0.2, 0.25) is 0 Å². The largest absolute Gasteiger partial charge is 0.480 e. The van der Waals surface area contributed by atoms with Gasteiger partial charge in [-0.3, -0.25) is 4.79 Å². The first-order valence-electron chi connectivity index (χ1n) is 5.32.